The summed E-state index contributed by atoms with van der Waals surface area (Å²) in [6.07, 6.45) is 3.20. The number of nitrogens with one attached hydrogen (secondary N) is 1. The number of rotatable bonds is 8. The van der Waals surface area contributed by atoms with Crippen LogP contribution in [-0.4, -0.2) is 24.0 Å². The van der Waals surface area contributed by atoms with Crippen LogP contribution in [0.5, 0.6) is 17.4 Å². The SMILES string of the molecule is CCCC(N)C(=O)NCc1ccnc(Oc2ccc(OC)cc2)c1. The van der Waals surface area contributed by atoms with Crippen molar-refractivity contribution in [2.24, 2.45) is 5.73 Å². The van der Waals surface area contributed by atoms with Crippen molar-refractivity contribution in [1.29, 1.82) is 0 Å². The molecule has 1 atom stereocenters. The second kappa shape index (κ2) is 8.88. The van der Waals surface area contributed by atoms with Crippen LogP contribution in [0.15, 0.2) is 42.6 Å². The van der Waals surface area contributed by atoms with Crippen molar-refractivity contribution < 1.29 is 14.3 Å². The molecule has 24 heavy (non-hydrogen) atoms. The standard InChI is InChI=1S/C18H23N3O3/c1-3-4-16(19)18(22)21-12-13-9-10-20-17(11-13)24-15-7-5-14(23-2)6-8-15/h5-11,16H,3-4,12,19H2,1-2H3,(H,21,22). The molecule has 0 fully saturated rings. The molecule has 0 spiro atoms. The monoisotopic (exact) mass is 329 g/mol. The lowest BCUT2D eigenvalue weighted by atomic mass is 10.1. The number of ether oxygens (including phenoxy) is 2. The molecule has 0 radical (unpaired) electrons. The Morgan fingerprint density at radius 3 is 2.62 bits per heavy atom. The number of methoxy groups -OCH3 is 1. The lowest BCUT2D eigenvalue weighted by Crippen LogP contribution is -2.40. The first-order valence-corrected chi connectivity index (χ1v) is 7.92. The van der Waals surface area contributed by atoms with E-state index in [-0.39, 0.29) is 5.91 Å². The lowest BCUT2D eigenvalue weighted by molar-refractivity contribution is -0.122. The van der Waals surface area contributed by atoms with Crippen LogP contribution in [0.25, 0.3) is 0 Å². The van der Waals surface area contributed by atoms with Crippen LogP contribution in [0.2, 0.25) is 0 Å². The van der Waals surface area contributed by atoms with Gasteiger partial charge in [-0.2, -0.15) is 0 Å². The van der Waals surface area contributed by atoms with Crippen molar-refractivity contribution in [3.05, 3.63) is 48.2 Å². The van der Waals surface area contributed by atoms with Gasteiger partial charge >= 0.3 is 0 Å². The highest BCUT2D eigenvalue weighted by Gasteiger charge is 2.11. The van der Waals surface area contributed by atoms with E-state index in [1.54, 1.807) is 31.5 Å². The molecule has 1 aromatic carbocycles. The van der Waals surface area contributed by atoms with Gasteiger partial charge in [0.1, 0.15) is 11.5 Å². The van der Waals surface area contributed by atoms with Gasteiger partial charge in [0.2, 0.25) is 11.8 Å². The van der Waals surface area contributed by atoms with Crippen LogP contribution in [-0.2, 0) is 11.3 Å². The van der Waals surface area contributed by atoms with Crippen LogP contribution in [0.4, 0.5) is 0 Å². The van der Waals surface area contributed by atoms with Crippen molar-refractivity contribution in [2.45, 2.75) is 32.4 Å². The molecule has 2 aromatic rings. The summed E-state index contributed by atoms with van der Waals surface area (Å²) >= 11 is 0. The molecule has 0 aliphatic carbocycles. The second-order valence-electron chi connectivity index (χ2n) is 5.39. The Kier molecular flexibility index (Phi) is 6.57. The molecule has 0 aliphatic heterocycles. The molecule has 1 amide bonds. The van der Waals surface area contributed by atoms with Gasteiger partial charge in [-0.15, -0.1) is 0 Å². The average Bonchev–Trinajstić information content (AvgIpc) is 2.61. The fourth-order valence-electron chi connectivity index (χ4n) is 2.14. The summed E-state index contributed by atoms with van der Waals surface area (Å²) < 4.78 is 10.8. The van der Waals surface area contributed by atoms with E-state index in [0.717, 1.165) is 17.7 Å². The van der Waals surface area contributed by atoms with E-state index >= 15 is 0 Å². The zero-order valence-electron chi connectivity index (χ0n) is 14.0. The highest BCUT2D eigenvalue weighted by atomic mass is 16.5. The molecule has 2 rings (SSSR count). The number of hydrogen-bond acceptors (Lipinski definition) is 5. The maximum absolute atomic E-state index is 11.8. The van der Waals surface area contributed by atoms with E-state index in [0.29, 0.717) is 24.6 Å². The van der Waals surface area contributed by atoms with Crippen molar-refractivity contribution in [3.63, 3.8) is 0 Å². The van der Waals surface area contributed by atoms with Gasteiger partial charge in [-0.05, 0) is 42.3 Å². The summed E-state index contributed by atoms with van der Waals surface area (Å²) in [5, 5.41) is 2.83. The van der Waals surface area contributed by atoms with E-state index in [4.69, 9.17) is 15.2 Å². The van der Waals surface area contributed by atoms with Gasteiger partial charge in [0.25, 0.3) is 0 Å². The molecular weight excluding hydrogens is 306 g/mol. The predicted octanol–water partition coefficient (Wildman–Crippen LogP) is 2.63. The Labute approximate surface area is 142 Å². The van der Waals surface area contributed by atoms with E-state index in [1.165, 1.54) is 0 Å². The Hall–Kier alpha value is -2.60. The molecule has 0 saturated carbocycles. The van der Waals surface area contributed by atoms with Gasteiger partial charge in [-0.3, -0.25) is 4.79 Å². The molecular formula is C18H23N3O3. The fraction of sp³-hybridized carbons (Fsp3) is 0.333. The Balaban J connectivity index is 1.94. The van der Waals surface area contributed by atoms with Crippen molar-refractivity contribution in [2.75, 3.05) is 7.11 Å². The predicted molar refractivity (Wildman–Crippen MR) is 92.0 cm³/mol. The van der Waals surface area contributed by atoms with E-state index < -0.39 is 6.04 Å². The Bertz CT molecular complexity index is 659. The summed E-state index contributed by atoms with van der Waals surface area (Å²) in [5.41, 5.74) is 6.68. The van der Waals surface area contributed by atoms with Crippen LogP contribution in [0.1, 0.15) is 25.3 Å². The summed E-state index contributed by atoms with van der Waals surface area (Å²) in [6.45, 7) is 2.39. The minimum Gasteiger partial charge on any atom is -0.497 e. The fourth-order valence-corrected chi connectivity index (χ4v) is 2.14. The summed E-state index contributed by atoms with van der Waals surface area (Å²) in [4.78, 5) is 16.0. The third-order valence-electron chi connectivity index (χ3n) is 3.48. The third kappa shape index (κ3) is 5.24. The molecule has 1 unspecified atom stereocenters. The molecule has 3 N–H and O–H groups in total. The second-order valence-corrected chi connectivity index (χ2v) is 5.39. The number of carbonyl (C=O) groups is 1. The lowest BCUT2D eigenvalue weighted by Gasteiger charge is -2.12. The molecule has 6 nitrogen and oxygen atoms in total. The van der Waals surface area contributed by atoms with Crippen LogP contribution >= 0.6 is 0 Å². The van der Waals surface area contributed by atoms with E-state index in [9.17, 15) is 4.79 Å². The number of carbonyl (C=O) groups excluding carboxylic acids is 1. The molecule has 6 heteroatoms. The average molecular weight is 329 g/mol. The first-order chi connectivity index (χ1) is 11.6. The number of benzene rings is 1. The summed E-state index contributed by atoms with van der Waals surface area (Å²) in [6, 6.07) is 10.4. The summed E-state index contributed by atoms with van der Waals surface area (Å²) in [7, 11) is 1.61. The van der Waals surface area contributed by atoms with Crippen molar-refractivity contribution >= 4 is 5.91 Å². The molecule has 128 valence electrons. The minimum atomic E-state index is -0.466. The van der Waals surface area contributed by atoms with Crippen LogP contribution in [0.3, 0.4) is 0 Å². The molecule has 1 heterocycles. The Morgan fingerprint density at radius 1 is 1.25 bits per heavy atom. The van der Waals surface area contributed by atoms with Crippen molar-refractivity contribution in [1.82, 2.24) is 10.3 Å². The summed E-state index contributed by atoms with van der Waals surface area (Å²) in [5.74, 6) is 1.74. The first-order valence-electron chi connectivity index (χ1n) is 7.92. The van der Waals surface area contributed by atoms with Gasteiger partial charge in [0, 0.05) is 18.8 Å². The largest absolute Gasteiger partial charge is 0.497 e. The van der Waals surface area contributed by atoms with Gasteiger partial charge in [-0.25, -0.2) is 4.98 Å². The van der Waals surface area contributed by atoms with Gasteiger partial charge in [0.15, 0.2) is 0 Å². The zero-order chi connectivity index (χ0) is 17.4. The van der Waals surface area contributed by atoms with Crippen LogP contribution in [0, 0.1) is 0 Å². The number of nitrogens with two attached hydrogens (primary N) is 1. The van der Waals surface area contributed by atoms with E-state index in [1.807, 2.05) is 25.1 Å². The number of aromatic nitrogens is 1. The molecule has 0 aliphatic rings. The Morgan fingerprint density at radius 2 is 1.96 bits per heavy atom. The van der Waals surface area contributed by atoms with Crippen LogP contribution < -0.4 is 20.5 Å². The number of nitrogens with zero attached hydrogens (tertiary/aromatic N) is 1. The number of hydrogen-bond donors (Lipinski definition) is 2. The molecule has 0 saturated heterocycles. The highest BCUT2D eigenvalue weighted by Crippen LogP contribution is 2.22. The highest BCUT2D eigenvalue weighted by molar-refractivity contribution is 5.81. The van der Waals surface area contributed by atoms with Gasteiger partial charge in [-0.1, -0.05) is 13.3 Å². The maximum atomic E-state index is 11.8. The third-order valence-corrected chi connectivity index (χ3v) is 3.48. The van der Waals surface area contributed by atoms with E-state index in [2.05, 4.69) is 10.3 Å². The molecule has 0 bridgehead atoms. The van der Waals surface area contributed by atoms with Gasteiger partial charge < -0.3 is 20.5 Å². The quantitative estimate of drug-likeness (QED) is 0.777. The normalized spacial score (nSPS) is 11.6. The number of pyridine rings is 1. The zero-order valence-corrected chi connectivity index (χ0v) is 14.0. The van der Waals surface area contributed by atoms with Crippen molar-refractivity contribution in [3.8, 4) is 17.4 Å². The number of amides is 1. The maximum Gasteiger partial charge on any atom is 0.237 e. The minimum absolute atomic E-state index is 0.147. The topological polar surface area (TPSA) is 86.5 Å². The molecule has 1 aromatic heterocycles. The smallest absolute Gasteiger partial charge is 0.237 e. The first kappa shape index (κ1) is 17.7. The van der Waals surface area contributed by atoms with Gasteiger partial charge in [0.05, 0.1) is 13.2 Å².